The van der Waals surface area contributed by atoms with Crippen molar-refractivity contribution in [2.45, 2.75) is 51.2 Å². The van der Waals surface area contributed by atoms with E-state index in [1.54, 1.807) is 13.8 Å². The fraction of sp³-hybridized carbons (Fsp3) is 0.529. The first kappa shape index (κ1) is 17.2. The average Bonchev–Trinajstić information content (AvgIpc) is 2.50. The Hall–Kier alpha value is -2.11. The van der Waals surface area contributed by atoms with E-state index in [0.29, 0.717) is 31.4 Å². The summed E-state index contributed by atoms with van der Waals surface area (Å²) in [6, 6.07) is 5.46. The fourth-order valence-electron chi connectivity index (χ4n) is 2.69. The van der Waals surface area contributed by atoms with Crippen molar-refractivity contribution in [1.82, 2.24) is 5.32 Å². The first-order valence-electron chi connectivity index (χ1n) is 7.76. The number of benzene rings is 1. The second-order valence-electron chi connectivity index (χ2n) is 6.43. The predicted molar refractivity (Wildman–Crippen MR) is 82.6 cm³/mol. The molecule has 5 nitrogen and oxygen atoms in total. The van der Waals surface area contributed by atoms with Gasteiger partial charge in [-0.15, -0.1) is 0 Å². The van der Waals surface area contributed by atoms with Gasteiger partial charge >= 0.3 is 5.97 Å². The monoisotopic (exact) mass is 323 g/mol. The molecule has 2 rings (SSSR count). The number of hydrogen-bond acceptors (Lipinski definition) is 3. The molecule has 6 heteroatoms. The minimum atomic E-state index is -1.10. The number of carbonyl (C=O) groups is 2. The molecule has 0 heterocycles. The van der Waals surface area contributed by atoms with Gasteiger partial charge in [-0.05, 0) is 63.8 Å². The molecule has 1 aromatic carbocycles. The Morgan fingerprint density at radius 3 is 2.26 bits per heavy atom. The van der Waals surface area contributed by atoms with Crippen LogP contribution in [-0.4, -0.2) is 28.6 Å². The van der Waals surface area contributed by atoms with Crippen LogP contribution < -0.4 is 10.1 Å². The lowest BCUT2D eigenvalue weighted by atomic mass is 9.86. The van der Waals surface area contributed by atoms with E-state index in [-0.39, 0.29) is 23.7 Å². The van der Waals surface area contributed by atoms with Gasteiger partial charge in [0.25, 0.3) is 5.91 Å². The maximum atomic E-state index is 12.9. The summed E-state index contributed by atoms with van der Waals surface area (Å²) < 4.78 is 18.5. The molecule has 0 bridgehead atoms. The third-order valence-corrected chi connectivity index (χ3v) is 4.15. The molecule has 0 unspecified atom stereocenters. The summed E-state index contributed by atoms with van der Waals surface area (Å²) >= 11 is 0. The number of ether oxygens (including phenoxy) is 1. The summed E-state index contributed by atoms with van der Waals surface area (Å²) in [5.74, 6) is -1.29. The van der Waals surface area contributed by atoms with Crippen LogP contribution in [0, 0.1) is 11.7 Å². The normalized spacial score (nSPS) is 21.5. The van der Waals surface area contributed by atoms with Gasteiger partial charge in [0.2, 0.25) is 0 Å². The van der Waals surface area contributed by atoms with Gasteiger partial charge in [-0.25, -0.2) is 4.39 Å². The highest BCUT2D eigenvalue weighted by Crippen LogP contribution is 2.25. The zero-order valence-corrected chi connectivity index (χ0v) is 13.3. The van der Waals surface area contributed by atoms with Gasteiger partial charge in [0.05, 0.1) is 5.92 Å². The molecule has 0 spiro atoms. The van der Waals surface area contributed by atoms with Gasteiger partial charge in [0.15, 0.2) is 5.60 Å². The van der Waals surface area contributed by atoms with Crippen molar-refractivity contribution in [1.29, 1.82) is 0 Å². The van der Waals surface area contributed by atoms with E-state index in [1.165, 1.54) is 24.3 Å². The molecule has 0 radical (unpaired) electrons. The van der Waals surface area contributed by atoms with Crippen molar-refractivity contribution in [2.24, 2.45) is 5.92 Å². The van der Waals surface area contributed by atoms with Gasteiger partial charge in [-0.3, -0.25) is 9.59 Å². The van der Waals surface area contributed by atoms with Gasteiger partial charge in [0, 0.05) is 6.04 Å². The van der Waals surface area contributed by atoms with Crippen LogP contribution in [0.2, 0.25) is 0 Å². The zero-order valence-electron chi connectivity index (χ0n) is 13.3. The second-order valence-corrected chi connectivity index (χ2v) is 6.43. The number of halogens is 1. The third kappa shape index (κ3) is 4.68. The highest BCUT2D eigenvalue weighted by atomic mass is 19.1. The van der Waals surface area contributed by atoms with Crippen LogP contribution in [0.3, 0.4) is 0 Å². The molecule has 1 fully saturated rings. The number of rotatable bonds is 5. The second kappa shape index (κ2) is 6.98. The quantitative estimate of drug-likeness (QED) is 0.873. The third-order valence-electron chi connectivity index (χ3n) is 4.15. The van der Waals surface area contributed by atoms with Crippen LogP contribution >= 0.6 is 0 Å². The number of amides is 1. The van der Waals surface area contributed by atoms with Crippen molar-refractivity contribution in [3.05, 3.63) is 30.1 Å². The van der Waals surface area contributed by atoms with E-state index < -0.39 is 11.6 Å². The Bertz CT molecular complexity index is 562. The van der Waals surface area contributed by atoms with E-state index in [0.717, 1.165) is 0 Å². The minimum absolute atomic E-state index is 0.0332. The molecular formula is C17H22FNO4. The highest BCUT2D eigenvalue weighted by molar-refractivity contribution is 5.85. The van der Waals surface area contributed by atoms with Crippen LogP contribution in [0.15, 0.2) is 24.3 Å². The van der Waals surface area contributed by atoms with Crippen LogP contribution in [-0.2, 0) is 9.59 Å². The maximum Gasteiger partial charge on any atom is 0.306 e. The van der Waals surface area contributed by atoms with E-state index in [2.05, 4.69) is 5.32 Å². The molecule has 23 heavy (non-hydrogen) atoms. The Labute approximate surface area is 134 Å². The van der Waals surface area contributed by atoms with Crippen molar-refractivity contribution >= 4 is 11.9 Å². The molecule has 0 atom stereocenters. The average molecular weight is 323 g/mol. The van der Waals surface area contributed by atoms with E-state index in [9.17, 15) is 14.0 Å². The molecule has 1 aliphatic carbocycles. The van der Waals surface area contributed by atoms with Crippen molar-refractivity contribution in [3.8, 4) is 5.75 Å². The number of hydrogen-bond donors (Lipinski definition) is 2. The number of aliphatic carboxylic acids is 1. The number of nitrogens with one attached hydrogen (secondary N) is 1. The molecule has 1 amide bonds. The standard InChI is InChI=1S/C17H22FNO4/c1-17(2,23-14-9-5-12(18)6-10-14)16(22)19-13-7-3-11(4-8-13)15(20)21/h5-6,9-11,13H,3-4,7-8H2,1-2H3,(H,19,22)(H,20,21). The van der Waals surface area contributed by atoms with E-state index in [4.69, 9.17) is 9.84 Å². The number of carboxylic acid groups (broad SMARTS) is 1. The predicted octanol–water partition coefficient (Wildman–Crippen LogP) is 2.74. The molecule has 0 aromatic heterocycles. The van der Waals surface area contributed by atoms with Crippen molar-refractivity contribution in [3.63, 3.8) is 0 Å². The van der Waals surface area contributed by atoms with Gasteiger partial charge in [0.1, 0.15) is 11.6 Å². The molecular weight excluding hydrogens is 301 g/mol. The maximum absolute atomic E-state index is 12.9. The number of carboxylic acids is 1. The van der Waals surface area contributed by atoms with E-state index >= 15 is 0 Å². The smallest absolute Gasteiger partial charge is 0.306 e. The lowest BCUT2D eigenvalue weighted by Crippen LogP contribution is -2.51. The molecule has 1 aliphatic rings. The SMILES string of the molecule is CC(C)(Oc1ccc(F)cc1)C(=O)NC1CCC(C(=O)O)CC1. The van der Waals surface area contributed by atoms with Gasteiger partial charge < -0.3 is 15.2 Å². The summed E-state index contributed by atoms with van der Waals surface area (Å²) in [6.07, 6.45) is 2.43. The summed E-state index contributed by atoms with van der Waals surface area (Å²) in [4.78, 5) is 23.3. The molecule has 0 aliphatic heterocycles. The minimum Gasteiger partial charge on any atom is -0.481 e. The Morgan fingerprint density at radius 2 is 1.74 bits per heavy atom. The van der Waals surface area contributed by atoms with Gasteiger partial charge in [-0.2, -0.15) is 0 Å². The lowest BCUT2D eigenvalue weighted by Gasteiger charge is -2.31. The van der Waals surface area contributed by atoms with Crippen LogP contribution in [0.4, 0.5) is 4.39 Å². The Kier molecular flexibility index (Phi) is 5.23. The molecule has 126 valence electrons. The molecule has 1 aromatic rings. The fourth-order valence-corrected chi connectivity index (χ4v) is 2.69. The summed E-state index contributed by atoms with van der Waals surface area (Å²) in [7, 11) is 0. The number of carbonyl (C=O) groups excluding carboxylic acids is 1. The van der Waals surface area contributed by atoms with Crippen molar-refractivity contribution < 1.29 is 23.8 Å². The Balaban J connectivity index is 1.89. The van der Waals surface area contributed by atoms with E-state index in [1.807, 2.05) is 0 Å². The lowest BCUT2D eigenvalue weighted by molar-refractivity contribution is -0.143. The highest BCUT2D eigenvalue weighted by Gasteiger charge is 2.33. The first-order valence-corrected chi connectivity index (χ1v) is 7.76. The molecule has 2 N–H and O–H groups in total. The molecule has 1 saturated carbocycles. The summed E-state index contributed by atoms with van der Waals surface area (Å²) in [5.41, 5.74) is -1.10. The summed E-state index contributed by atoms with van der Waals surface area (Å²) in [6.45, 7) is 3.29. The summed E-state index contributed by atoms with van der Waals surface area (Å²) in [5, 5.41) is 11.9. The van der Waals surface area contributed by atoms with Crippen LogP contribution in [0.25, 0.3) is 0 Å². The zero-order chi connectivity index (χ0) is 17.0. The van der Waals surface area contributed by atoms with Gasteiger partial charge in [-0.1, -0.05) is 0 Å². The van der Waals surface area contributed by atoms with Crippen molar-refractivity contribution in [2.75, 3.05) is 0 Å². The van der Waals surface area contributed by atoms with Crippen LogP contribution in [0.5, 0.6) is 5.75 Å². The topological polar surface area (TPSA) is 75.6 Å². The molecule has 0 saturated heterocycles. The Morgan fingerprint density at radius 1 is 1.17 bits per heavy atom. The van der Waals surface area contributed by atoms with Crippen LogP contribution in [0.1, 0.15) is 39.5 Å². The first-order chi connectivity index (χ1) is 10.8. The largest absolute Gasteiger partial charge is 0.481 e.